The summed E-state index contributed by atoms with van der Waals surface area (Å²) in [5.74, 6) is -0.555. The smallest absolute Gasteiger partial charge is 0.399 e. The zero-order valence-corrected chi connectivity index (χ0v) is 10.1. The molecule has 0 atom stereocenters. The lowest BCUT2D eigenvalue weighted by Gasteiger charge is -2.11. The molecule has 7 heteroatoms. The molecule has 1 aromatic carbocycles. The molecule has 94 valence electrons. The van der Waals surface area contributed by atoms with Gasteiger partial charge in [0.15, 0.2) is 5.78 Å². The first-order valence-electron chi connectivity index (χ1n) is 4.53. The van der Waals surface area contributed by atoms with Crippen LogP contribution in [0.3, 0.4) is 0 Å². The van der Waals surface area contributed by atoms with E-state index in [0.717, 1.165) is 0 Å². The molecule has 0 saturated carbocycles. The van der Waals surface area contributed by atoms with Crippen LogP contribution in [0.25, 0.3) is 0 Å². The monoisotopic (exact) mass is 283 g/mol. The second kappa shape index (κ2) is 5.64. The molecule has 0 saturated heterocycles. The van der Waals surface area contributed by atoms with Crippen LogP contribution < -0.4 is 5.73 Å². The number of ketones is 1. The molecular formula is C10H9ClF3NOS. The van der Waals surface area contributed by atoms with Crippen molar-refractivity contribution in [1.82, 2.24) is 0 Å². The lowest BCUT2D eigenvalue weighted by atomic mass is 10.1. The van der Waals surface area contributed by atoms with E-state index in [1.165, 1.54) is 18.2 Å². The summed E-state index contributed by atoms with van der Waals surface area (Å²) >= 11 is 5.03. The van der Waals surface area contributed by atoms with Gasteiger partial charge in [0.05, 0.1) is 5.88 Å². The third kappa shape index (κ3) is 4.87. The van der Waals surface area contributed by atoms with E-state index >= 15 is 0 Å². The zero-order chi connectivity index (χ0) is 13.1. The maximum absolute atomic E-state index is 12.3. The van der Waals surface area contributed by atoms with Gasteiger partial charge in [-0.1, -0.05) is 6.07 Å². The molecule has 2 N–H and O–H groups in total. The second-order valence-electron chi connectivity index (χ2n) is 3.26. The minimum atomic E-state index is -4.41. The van der Waals surface area contributed by atoms with E-state index in [9.17, 15) is 18.0 Å². The SMILES string of the molecule is Nc1ccc(CC(=O)CCl)c(SC(F)(F)F)c1. The Morgan fingerprint density at radius 2 is 2.06 bits per heavy atom. The van der Waals surface area contributed by atoms with Gasteiger partial charge in [-0.2, -0.15) is 13.2 Å². The van der Waals surface area contributed by atoms with Crippen molar-refractivity contribution in [2.24, 2.45) is 0 Å². The molecule has 0 unspecified atom stereocenters. The molecule has 1 aromatic rings. The van der Waals surface area contributed by atoms with Gasteiger partial charge in [0.1, 0.15) is 0 Å². The summed E-state index contributed by atoms with van der Waals surface area (Å²) in [4.78, 5) is 11.1. The van der Waals surface area contributed by atoms with E-state index < -0.39 is 5.51 Å². The number of halogens is 4. The molecule has 1 rings (SSSR count). The summed E-state index contributed by atoms with van der Waals surface area (Å²) < 4.78 is 36.9. The summed E-state index contributed by atoms with van der Waals surface area (Å²) in [6.07, 6.45) is -0.123. The minimum Gasteiger partial charge on any atom is -0.399 e. The van der Waals surface area contributed by atoms with Crippen LogP contribution in [0.1, 0.15) is 5.56 Å². The molecule has 0 aliphatic rings. The third-order valence-corrected chi connectivity index (χ3v) is 2.98. The summed E-state index contributed by atoms with van der Waals surface area (Å²) in [7, 11) is 0. The number of benzene rings is 1. The summed E-state index contributed by atoms with van der Waals surface area (Å²) in [6, 6.07) is 4.07. The Morgan fingerprint density at radius 1 is 1.41 bits per heavy atom. The third-order valence-electron chi connectivity index (χ3n) is 1.85. The predicted molar refractivity (Wildman–Crippen MR) is 62.2 cm³/mol. The number of nitrogen functional groups attached to an aromatic ring is 1. The van der Waals surface area contributed by atoms with Crippen LogP contribution in [0.2, 0.25) is 0 Å². The number of carbonyl (C=O) groups is 1. The van der Waals surface area contributed by atoms with Crippen molar-refractivity contribution in [3.05, 3.63) is 23.8 Å². The number of rotatable bonds is 4. The molecule has 0 aliphatic heterocycles. The molecular weight excluding hydrogens is 275 g/mol. The van der Waals surface area contributed by atoms with E-state index in [1.807, 2.05) is 0 Å². The first kappa shape index (κ1) is 14.2. The van der Waals surface area contributed by atoms with Crippen LogP contribution in [0, 0.1) is 0 Å². The number of anilines is 1. The van der Waals surface area contributed by atoms with Gasteiger partial charge >= 0.3 is 5.51 Å². The normalized spacial score (nSPS) is 11.5. The molecule has 0 spiro atoms. The van der Waals surface area contributed by atoms with Crippen molar-refractivity contribution in [3.8, 4) is 0 Å². The maximum atomic E-state index is 12.3. The molecule has 0 aromatic heterocycles. The average molecular weight is 284 g/mol. The topological polar surface area (TPSA) is 43.1 Å². The van der Waals surface area contributed by atoms with Gasteiger partial charge < -0.3 is 5.73 Å². The fourth-order valence-electron chi connectivity index (χ4n) is 1.20. The lowest BCUT2D eigenvalue weighted by molar-refractivity contribution is -0.116. The van der Waals surface area contributed by atoms with Gasteiger partial charge in [-0.05, 0) is 29.5 Å². The highest BCUT2D eigenvalue weighted by Gasteiger charge is 2.30. The molecule has 17 heavy (non-hydrogen) atoms. The number of alkyl halides is 4. The van der Waals surface area contributed by atoms with Crippen LogP contribution in [0.5, 0.6) is 0 Å². The van der Waals surface area contributed by atoms with Crippen LogP contribution in [0.4, 0.5) is 18.9 Å². The van der Waals surface area contributed by atoms with Crippen molar-refractivity contribution in [3.63, 3.8) is 0 Å². The molecule has 0 radical (unpaired) electrons. The molecule has 0 fully saturated rings. The first-order chi connectivity index (χ1) is 7.81. The van der Waals surface area contributed by atoms with Gasteiger partial charge in [0, 0.05) is 17.0 Å². The van der Waals surface area contributed by atoms with E-state index in [0.29, 0.717) is 0 Å². The zero-order valence-electron chi connectivity index (χ0n) is 8.55. The lowest BCUT2D eigenvalue weighted by Crippen LogP contribution is -2.07. The second-order valence-corrected chi connectivity index (χ2v) is 4.64. The van der Waals surface area contributed by atoms with Crippen LogP contribution in [-0.4, -0.2) is 17.2 Å². The Morgan fingerprint density at radius 3 is 2.59 bits per heavy atom. The van der Waals surface area contributed by atoms with Crippen LogP contribution in [0.15, 0.2) is 23.1 Å². The van der Waals surface area contributed by atoms with Crippen molar-refractivity contribution in [2.45, 2.75) is 16.8 Å². The summed E-state index contributed by atoms with van der Waals surface area (Å²) in [6.45, 7) is 0. The highest BCUT2D eigenvalue weighted by atomic mass is 35.5. The Hall–Kier alpha value is -0.880. The molecule has 0 amide bonds. The van der Waals surface area contributed by atoms with Gasteiger partial charge in [-0.15, -0.1) is 11.6 Å². The Kier molecular flexibility index (Phi) is 4.70. The van der Waals surface area contributed by atoms with Gasteiger partial charge in [0.25, 0.3) is 0 Å². The molecule has 0 heterocycles. The Labute approximate surface area is 105 Å². The molecule has 2 nitrogen and oxygen atoms in total. The average Bonchev–Trinajstić information content (AvgIpc) is 2.19. The highest BCUT2D eigenvalue weighted by Crippen LogP contribution is 2.39. The van der Waals surface area contributed by atoms with E-state index in [1.54, 1.807) is 0 Å². The van der Waals surface area contributed by atoms with E-state index in [4.69, 9.17) is 17.3 Å². The van der Waals surface area contributed by atoms with E-state index in [2.05, 4.69) is 0 Å². The van der Waals surface area contributed by atoms with Gasteiger partial charge in [-0.3, -0.25) is 4.79 Å². The predicted octanol–water partition coefficient (Wildman–Crippen LogP) is 3.23. The maximum Gasteiger partial charge on any atom is 0.446 e. The van der Waals surface area contributed by atoms with Crippen molar-refractivity contribution >= 4 is 34.8 Å². The summed E-state index contributed by atoms with van der Waals surface area (Å²) in [5.41, 5.74) is 1.51. The first-order valence-corrected chi connectivity index (χ1v) is 5.88. The Bertz CT molecular complexity index is 423. The number of hydrogen-bond donors (Lipinski definition) is 1. The number of hydrogen-bond acceptors (Lipinski definition) is 3. The van der Waals surface area contributed by atoms with Crippen LogP contribution in [-0.2, 0) is 11.2 Å². The van der Waals surface area contributed by atoms with Crippen LogP contribution >= 0.6 is 23.4 Å². The Balaban J connectivity index is 2.99. The highest BCUT2D eigenvalue weighted by molar-refractivity contribution is 8.00. The van der Waals surface area contributed by atoms with Crippen molar-refractivity contribution in [1.29, 1.82) is 0 Å². The standard InChI is InChI=1S/C10H9ClF3NOS/c11-5-8(16)3-6-1-2-7(15)4-9(6)17-10(12,13)14/h1-2,4H,3,5,15H2. The minimum absolute atomic E-state index is 0.0593. The number of thioether (sulfide) groups is 1. The van der Waals surface area contributed by atoms with Gasteiger partial charge in [0.2, 0.25) is 0 Å². The molecule has 0 bridgehead atoms. The van der Waals surface area contributed by atoms with Crippen molar-refractivity contribution in [2.75, 3.05) is 11.6 Å². The van der Waals surface area contributed by atoms with Gasteiger partial charge in [-0.25, -0.2) is 0 Å². The fourth-order valence-corrected chi connectivity index (χ4v) is 2.01. The fraction of sp³-hybridized carbons (Fsp3) is 0.300. The quantitative estimate of drug-likeness (QED) is 0.524. The number of nitrogens with two attached hydrogens (primary N) is 1. The molecule has 0 aliphatic carbocycles. The number of carbonyl (C=O) groups excluding carboxylic acids is 1. The number of Topliss-reactive ketones (excluding diaryl/α,β-unsaturated/α-hetero) is 1. The van der Waals surface area contributed by atoms with E-state index in [-0.39, 0.29) is 46.0 Å². The summed E-state index contributed by atoms with van der Waals surface area (Å²) in [5, 5.41) is 0. The largest absolute Gasteiger partial charge is 0.446 e. The van der Waals surface area contributed by atoms with Crippen molar-refractivity contribution < 1.29 is 18.0 Å².